The molecule has 0 aliphatic carbocycles. The van der Waals surface area contributed by atoms with Crippen LogP contribution in [0.1, 0.15) is 42.1 Å². The number of aryl methyl sites for hydroxylation is 2. The molecule has 1 fully saturated rings. The van der Waals surface area contributed by atoms with Gasteiger partial charge in [0.25, 0.3) is 0 Å². The summed E-state index contributed by atoms with van der Waals surface area (Å²) in [7, 11) is 0. The van der Waals surface area contributed by atoms with Crippen molar-refractivity contribution in [3.63, 3.8) is 0 Å². The molecule has 0 spiro atoms. The molecule has 3 aromatic rings. The molecule has 26 heavy (non-hydrogen) atoms. The first kappa shape index (κ1) is 16.8. The smallest absolute Gasteiger partial charge is 0.222 e. The van der Waals surface area contributed by atoms with E-state index in [2.05, 4.69) is 42.2 Å². The summed E-state index contributed by atoms with van der Waals surface area (Å²) >= 11 is 0. The van der Waals surface area contributed by atoms with Crippen LogP contribution in [0, 0.1) is 6.92 Å². The number of aromatic nitrogens is 2. The molecule has 4 heteroatoms. The van der Waals surface area contributed by atoms with Gasteiger partial charge in [-0.1, -0.05) is 42.0 Å². The van der Waals surface area contributed by atoms with Gasteiger partial charge in [0.2, 0.25) is 5.91 Å². The van der Waals surface area contributed by atoms with Crippen molar-refractivity contribution < 1.29 is 4.79 Å². The lowest BCUT2D eigenvalue weighted by atomic mass is 9.95. The van der Waals surface area contributed by atoms with Crippen molar-refractivity contribution in [3.8, 4) is 0 Å². The van der Waals surface area contributed by atoms with Crippen molar-refractivity contribution in [1.29, 1.82) is 0 Å². The lowest BCUT2D eigenvalue weighted by Crippen LogP contribution is -2.38. The Morgan fingerprint density at radius 2 is 1.96 bits per heavy atom. The van der Waals surface area contributed by atoms with Gasteiger partial charge in [-0.05, 0) is 43.9 Å². The number of hydrogen-bond acceptors (Lipinski definition) is 2. The molecule has 1 aliphatic rings. The Morgan fingerprint density at radius 3 is 2.73 bits per heavy atom. The summed E-state index contributed by atoms with van der Waals surface area (Å²) in [5.74, 6) is 1.76. The van der Waals surface area contributed by atoms with Crippen LogP contribution in [0.3, 0.4) is 0 Å². The Balaban J connectivity index is 1.32. The van der Waals surface area contributed by atoms with Crippen LogP contribution in [0.2, 0.25) is 0 Å². The third-order valence-electron chi connectivity index (χ3n) is 5.35. The molecule has 1 aliphatic heterocycles. The number of likely N-dealkylation sites (tertiary alicyclic amines) is 1. The zero-order valence-corrected chi connectivity index (χ0v) is 15.2. The summed E-state index contributed by atoms with van der Waals surface area (Å²) < 4.78 is 0. The molecule has 4 rings (SSSR count). The number of aromatic amines is 1. The molecule has 0 radical (unpaired) electrons. The Bertz CT molecular complexity index is 873. The van der Waals surface area contributed by atoms with E-state index in [9.17, 15) is 4.79 Å². The van der Waals surface area contributed by atoms with Gasteiger partial charge in [0.1, 0.15) is 5.82 Å². The number of piperidine rings is 1. The Kier molecular flexibility index (Phi) is 4.74. The molecule has 2 aromatic carbocycles. The Hall–Kier alpha value is -2.62. The fraction of sp³-hybridized carbons (Fsp3) is 0.364. The van der Waals surface area contributed by atoms with Crippen LogP contribution < -0.4 is 0 Å². The number of rotatable bonds is 4. The standard InChI is InChI=1S/C22H25N3O/c1-16-5-4-6-17(15-16)9-10-21(26)25-13-11-18(12-14-25)22-23-19-7-2-3-8-20(19)24-22/h2-8,15,18H,9-14H2,1H3,(H,23,24). The van der Waals surface area contributed by atoms with Gasteiger partial charge in [0.15, 0.2) is 0 Å². The summed E-state index contributed by atoms with van der Waals surface area (Å²) in [5, 5.41) is 0. The molecule has 1 saturated heterocycles. The number of para-hydroxylation sites is 2. The van der Waals surface area contributed by atoms with Gasteiger partial charge in [0, 0.05) is 25.4 Å². The third-order valence-corrected chi connectivity index (χ3v) is 5.35. The van der Waals surface area contributed by atoms with E-state index in [4.69, 9.17) is 4.98 Å². The number of carbonyl (C=O) groups is 1. The minimum atomic E-state index is 0.273. The summed E-state index contributed by atoms with van der Waals surface area (Å²) in [6.45, 7) is 3.75. The van der Waals surface area contributed by atoms with Gasteiger partial charge in [-0.2, -0.15) is 0 Å². The van der Waals surface area contributed by atoms with E-state index in [1.54, 1.807) is 0 Å². The average Bonchev–Trinajstić information content (AvgIpc) is 3.10. The Labute approximate surface area is 154 Å². The van der Waals surface area contributed by atoms with Crippen LogP contribution in [0.5, 0.6) is 0 Å². The summed E-state index contributed by atoms with van der Waals surface area (Å²) in [4.78, 5) is 22.7. The van der Waals surface area contributed by atoms with Crippen molar-refractivity contribution in [2.24, 2.45) is 0 Å². The minimum absolute atomic E-state index is 0.273. The van der Waals surface area contributed by atoms with E-state index in [0.29, 0.717) is 12.3 Å². The van der Waals surface area contributed by atoms with Crippen LogP contribution in [-0.4, -0.2) is 33.9 Å². The summed E-state index contributed by atoms with van der Waals surface area (Å²) in [6, 6.07) is 16.6. The maximum absolute atomic E-state index is 12.5. The second-order valence-corrected chi connectivity index (χ2v) is 7.28. The minimum Gasteiger partial charge on any atom is -0.343 e. The van der Waals surface area contributed by atoms with Gasteiger partial charge in [-0.3, -0.25) is 4.79 Å². The van der Waals surface area contributed by atoms with Crippen LogP contribution >= 0.6 is 0 Å². The Morgan fingerprint density at radius 1 is 1.15 bits per heavy atom. The molecule has 0 bridgehead atoms. The van der Waals surface area contributed by atoms with Crippen LogP contribution in [-0.2, 0) is 11.2 Å². The van der Waals surface area contributed by atoms with Gasteiger partial charge in [-0.25, -0.2) is 4.98 Å². The number of H-pyrrole nitrogens is 1. The van der Waals surface area contributed by atoms with Crippen molar-refractivity contribution in [3.05, 3.63) is 65.5 Å². The molecule has 0 saturated carbocycles. The van der Waals surface area contributed by atoms with Gasteiger partial charge in [-0.15, -0.1) is 0 Å². The zero-order chi connectivity index (χ0) is 17.9. The lowest BCUT2D eigenvalue weighted by molar-refractivity contribution is -0.132. The predicted molar refractivity (Wildman–Crippen MR) is 104 cm³/mol. The van der Waals surface area contributed by atoms with Gasteiger partial charge < -0.3 is 9.88 Å². The van der Waals surface area contributed by atoms with E-state index in [0.717, 1.165) is 49.2 Å². The van der Waals surface area contributed by atoms with Crippen molar-refractivity contribution in [2.45, 2.75) is 38.5 Å². The number of benzene rings is 2. The number of nitrogens with zero attached hydrogens (tertiary/aromatic N) is 2. The number of hydrogen-bond donors (Lipinski definition) is 1. The fourth-order valence-corrected chi connectivity index (χ4v) is 3.85. The van der Waals surface area contributed by atoms with Gasteiger partial charge >= 0.3 is 0 Å². The maximum atomic E-state index is 12.5. The number of fused-ring (bicyclic) bond motifs is 1. The predicted octanol–water partition coefficient (Wildman–Crippen LogP) is 4.21. The molecule has 0 unspecified atom stereocenters. The topological polar surface area (TPSA) is 49.0 Å². The first-order chi connectivity index (χ1) is 12.7. The number of amides is 1. The first-order valence-corrected chi connectivity index (χ1v) is 9.47. The maximum Gasteiger partial charge on any atom is 0.222 e. The first-order valence-electron chi connectivity index (χ1n) is 9.47. The molecular weight excluding hydrogens is 322 g/mol. The molecule has 1 N–H and O–H groups in total. The largest absolute Gasteiger partial charge is 0.343 e. The zero-order valence-electron chi connectivity index (χ0n) is 15.2. The number of imidazole rings is 1. The molecule has 134 valence electrons. The molecule has 1 aromatic heterocycles. The normalized spacial score (nSPS) is 15.5. The lowest BCUT2D eigenvalue weighted by Gasteiger charge is -2.31. The van der Waals surface area contributed by atoms with Gasteiger partial charge in [0.05, 0.1) is 11.0 Å². The van der Waals surface area contributed by atoms with E-state index >= 15 is 0 Å². The highest BCUT2D eigenvalue weighted by molar-refractivity contribution is 5.77. The molecule has 2 heterocycles. The van der Waals surface area contributed by atoms with Crippen LogP contribution in [0.25, 0.3) is 11.0 Å². The van der Waals surface area contributed by atoms with E-state index in [-0.39, 0.29) is 5.91 Å². The SMILES string of the molecule is Cc1cccc(CCC(=O)N2CCC(c3nc4ccccc4[nH]3)CC2)c1. The monoisotopic (exact) mass is 347 g/mol. The second-order valence-electron chi connectivity index (χ2n) is 7.28. The molecular formula is C22H25N3O. The molecule has 4 nitrogen and oxygen atoms in total. The van der Waals surface area contributed by atoms with Crippen molar-refractivity contribution in [2.75, 3.05) is 13.1 Å². The summed E-state index contributed by atoms with van der Waals surface area (Å²) in [6.07, 6.45) is 3.38. The quantitative estimate of drug-likeness (QED) is 0.768. The van der Waals surface area contributed by atoms with Crippen LogP contribution in [0.15, 0.2) is 48.5 Å². The number of nitrogens with one attached hydrogen (secondary N) is 1. The second kappa shape index (κ2) is 7.32. The highest BCUT2D eigenvalue weighted by atomic mass is 16.2. The third kappa shape index (κ3) is 3.64. The average molecular weight is 347 g/mol. The van der Waals surface area contributed by atoms with E-state index in [1.807, 2.05) is 23.1 Å². The van der Waals surface area contributed by atoms with E-state index < -0.39 is 0 Å². The fourth-order valence-electron chi connectivity index (χ4n) is 3.85. The van der Waals surface area contributed by atoms with Crippen LogP contribution in [0.4, 0.5) is 0 Å². The van der Waals surface area contributed by atoms with E-state index in [1.165, 1.54) is 11.1 Å². The molecule has 0 atom stereocenters. The highest BCUT2D eigenvalue weighted by Crippen LogP contribution is 2.28. The van der Waals surface area contributed by atoms with Crippen molar-refractivity contribution in [1.82, 2.24) is 14.9 Å². The number of carbonyl (C=O) groups excluding carboxylic acids is 1. The highest BCUT2D eigenvalue weighted by Gasteiger charge is 2.25. The van der Waals surface area contributed by atoms with Crippen molar-refractivity contribution >= 4 is 16.9 Å². The molecule has 1 amide bonds. The summed E-state index contributed by atoms with van der Waals surface area (Å²) in [5.41, 5.74) is 4.62.